The highest BCUT2D eigenvalue weighted by atomic mass is 32.2. The summed E-state index contributed by atoms with van der Waals surface area (Å²) >= 11 is 1.34. The maximum atomic E-state index is 11.3. The van der Waals surface area contributed by atoms with Gasteiger partial charge in [-0.25, -0.2) is 9.48 Å². The Morgan fingerprint density at radius 3 is 2.91 bits per heavy atom. The highest BCUT2D eigenvalue weighted by molar-refractivity contribution is 7.98. The molecule has 120 valence electrons. The van der Waals surface area contributed by atoms with Crippen molar-refractivity contribution in [2.45, 2.75) is 11.2 Å². The Bertz CT molecular complexity index is 802. The maximum Gasteiger partial charge on any atom is 0.352 e. The van der Waals surface area contributed by atoms with E-state index in [1.54, 1.807) is 18.2 Å². The second kappa shape index (κ2) is 5.84. The van der Waals surface area contributed by atoms with Crippen LogP contribution in [-0.4, -0.2) is 44.3 Å². The Kier molecular flexibility index (Phi) is 3.87. The van der Waals surface area contributed by atoms with Crippen LogP contribution in [0.3, 0.4) is 0 Å². The number of carboxylic acids is 1. The lowest BCUT2D eigenvalue weighted by Gasteiger charge is -2.23. The topological polar surface area (TPSA) is 110 Å². The third kappa shape index (κ3) is 2.59. The lowest BCUT2D eigenvalue weighted by molar-refractivity contribution is -0.132. The molecule has 9 heteroatoms. The molecule has 0 radical (unpaired) electrons. The Balaban J connectivity index is 2.17. The molecular formula is C14H14N4O4S. The summed E-state index contributed by atoms with van der Waals surface area (Å²) in [5.41, 5.74) is 0.452. The van der Waals surface area contributed by atoms with E-state index in [2.05, 4.69) is 15.4 Å². The molecule has 2 aromatic rings. The Hall–Kier alpha value is -2.68. The molecule has 0 amide bonds. The van der Waals surface area contributed by atoms with Gasteiger partial charge in [-0.05, 0) is 18.4 Å². The lowest BCUT2D eigenvalue weighted by Crippen LogP contribution is -2.24. The van der Waals surface area contributed by atoms with Crippen molar-refractivity contribution in [2.75, 3.05) is 18.7 Å². The number of aliphatic carboxylic acids is 1. The minimum Gasteiger partial charge on any atom is -0.504 e. The molecule has 0 saturated heterocycles. The number of carboxylic acid groups (broad SMARTS) is 1. The zero-order valence-corrected chi connectivity index (χ0v) is 13.2. The summed E-state index contributed by atoms with van der Waals surface area (Å²) in [5, 5.41) is 27.2. The van der Waals surface area contributed by atoms with Crippen LogP contribution in [0, 0.1) is 0 Å². The van der Waals surface area contributed by atoms with Gasteiger partial charge in [-0.15, -0.1) is 5.10 Å². The number of rotatable bonds is 4. The standard InChI is InChI=1S/C14H14N4O4S/c1-22-10-5-3-4-7(11(10)19)9-6-8(12(20)21)15-13-16-14(23-2)17-18(9)13/h3-6,9,19H,1-2H3,(H,20,21)(H,15,16,17). The molecule has 8 nitrogen and oxygen atoms in total. The quantitative estimate of drug-likeness (QED) is 0.725. The first kappa shape index (κ1) is 15.2. The molecule has 1 unspecified atom stereocenters. The van der Waals surface area contributed by atoms with Gasteiger partial charge in [0, 0.05) is 5.56 Å². The van der Waals surface area contributed by atoms with Gasteiger partial charge in [0.05, 0.1) is 7.11 Å². The average Bonchev–Trinajstić information content (AvgIpc) is 2.97. The highest BCUT2D eigenvalue weighted by Crippen LogP contribution is 2.38. The second-order valence-corrected chi connectivity index (χ2v) is 5.49. The van der Waals surface area contributed by atoms with Gasteiger partial charge in [0.15, 0.2) is 11.5 Å². The van der Waals surface area contributed by atoms with Crippen LogP contribution in [-0.2, 0) is 4.79 Å². The van der Waals surface area contributed by atoms with Crippen LogP contribution >= 0.6 is 11.8 Å². The van der Waals surface area contributed by atoms with Crippen molar-refractivity contribution in [1.29, 1.82) is 0 Å². The van der Waals surface area contributed by atoms with Crippen molar-refractivity contribution >= 4 is 23.7 Å². The highest BCUT2D eigenvalue weighted by Gasteiger charge is 2.29. The molecule has 23 heavy (non-hydrogen) atoms. The molecule has 0 bridgehead atoms. The SMILES string of the molecule is COc1cccc(C2C=C(C(=O)O)Nc3nc(SC)nn32)c1O. The van der Waals surface area contributed by atoms with Crippen LogP contribution in [0.5, 0.6) is 11.5 Å². The van der Waals surface area contributed by atoms with Crippen molar-refractivity contribution in [1.82, 2.24) is 14.8 Å². The number of aromatic nitrogens is 3. The third-order valence-electron chi connectivity index (χ3n) is 3.43. The number of nitrogens with one attached hydrogen (secondary N) is 1. The summed E-state index contributed by atoms with van der Waals surface area (Å²) in [5.74, 6) is -0.563. The molecule has 0 aliphatic carbocycles. The number of para-hydroxylation sites is 1. The number of hydrogen-bond acceptors (Lipinski definition) is 7. The number of phenolic OH excluding ortho intramolecular Hbond substituents is 1. The number of ether oxygens (including phenoxy) is 1. The molecule has 1 aliphatic heterocycles. The number of nitrogens with zero attached hydrogens (tertiary/aromatic N) is 3. The zero-order chi connectivity index (χ0) is 16.6. The molecule has 1 aromatic heterocycles. The first-order valence-corrected chi connectivity index (χ1v) is 7.86. The van der Waals surface area contributed by atoms with E-state index in [0.717, 1.165) is 0 Å². The van der Waals surface area contributed by atoms with E-state index in [0.29, 0.717) is 22.4 Å². The fraction of sp³-hybridized carbons (Fsp3) is 0.214. The van der Waals surface area contributed by atoms with Crippen molar-refractivity contribution in [2.24, 2.45) is 0 Å². The first-order chi connectivity index (χ1) is 11.0. The van der Waals surface area contributed by atoms with Gasteiger partial charge in [-0.3, -0.25) is 0 Å². The minimum atomic E-state index is -1.11. The fourth-order valence-corrected chi connectivity index (χ4v) is 2.70. The van der Waals surface area contributed by atoms with Crippen LogP contribution in [0.4, 0.5) is 5.95 Å². The van der Waals surface area contributed by atoms with E-state index >= 15 is 0 Å². The second-order valence-electron chi connectivity index (χ2n) is 4.72. The largest absolute Gasteiger partial charge is 0.504 e. The summed E-state index contributed by atoms with van der Waals surface area (Å²) in [6.07, 6.45) is 3.30. The molecule has 3 N–H and O–H groups in total. The summed E-state index contributed by atoms with van der Waals surface area (Å²) in [4.78, 5) is 15.6. The van der Waals surface area contributed by atoms with Gasteiger partial charge in [0.1, 0.15) is 11.7 Å². The number of aromatic hydroxyl groups is 1. The molecule has 3 rings (SSSR count). The Morgan fingerprint density at radius 1 is 1.48 bits per heavy atom. The monoisotopic (exact) mass is 334 g/mol. The van der Waals surface area contributed by atoms with Crippen molar-refractivity contribution in [3.63, 3.8) is 0 Å². The van der Waals surface area contributed by atoms with Crippen LogP contribution in [0.1, 0.15) is 11.6 Å². The number of anilines is 1. The third-order valence-corrected chi connectivity index (χ3v) is 3.97. The lowest BCUT2D eigenvalue weighted by atomic mass is 10.0. The van der Waals surface area contributed by atoms with Gasteiger partial charge < -0.3 is 20.3 Å². The maximum absolute atomic E-state index is 11.3. The van der Waals surface area contributed by atoms with E-state index in [1.807, 2.05) is 6.26 Å². The molecule has 1 aromatic carbocycles. The summed E-state index contributed by atoms with van der Waals surface area (Å²) in [7, 11) is 1.45. The van der Waals surface area contributed by atoms with Crippen molar-refractivity contribution in [3.05, 3.63) is 35.5 Å². The molecule has 1 aliphatic rings. The molecule has 0 fully saturated rings. The van der Waals surface area contributed by atoms with Crippen molar-refractivity contribution in [3.8, 4) is 11.5 Å². The van der Waals surface area contributed by atoms with Crippen LogP contribution in [0.25, 0.3) is 0 Å². The normalized spacial score (nSPS) is 16.3. The van der Waals surface area contributed by atoms with Gasteiger partial charge in [-0.1, -0.05) is 23.9 Å². The van der Waals surface area contributed by atoms with Gasteiger partial charge >= 0.3 is 5.97 Å². The Morgan fingerprint density at radius 2 is 2.26 bits per heavy atom. The summed E-state index contributed by atoms with van der Waals surface area (Å²) < 4.78 is 6.65. The van der Waals surface area contributed by atoms with E-state index in [4.69, 9.17) is 4.74 Å². The molecule has 0 saturated carbocycles. The molecular weight excluding hydrogens is 320 g/mol. The van der Waals surface area contributed by atoms with E-state index < -0.39 is 12.0 Å². The smallest absolute Gasteiger partial charge is 0.352 e. The summed E-state index contributed by atoms with van der Waals surface area (Å²) in [6, 6.07) is 4.42. The van der Waals surface area contributed by atoms with Crippen LogP contribution in [0.15, 0.2) is 35.1 Å². The van der Waals surface area contributed by atoms with E-state index in [1.165, 1.54) is 29.6 Å². The number of fused-ring (bicyclic) bond motifs is 1. The number of benzene rings is 1. The predicted octanol–water partition coefficient (Wildman–Crippen LogP) is 1.70. The van der Waals surface area contributed by atoms with Crippen LogP contribution < -0.4 is 10.1 Å². The van der Waals surface area contributed by atoms with Gasteiger partial charge in [0.2, 0.25) is 11.1 Å². The molecule has 2 heterocycles. The number of phenols is 1. The van der Waals surface area contributed by atoms with Crippen molar-refractivity contribution < 1.29 is 19.7 Å². The Labute approximate surface area is 135 Å². The summed E-state index contributed by atoms with van der Waals surface area (Å²) in [6.45, 7) is 0. The van der Waals surface area contributed by atoms with Gasteiger partial charge in [-0.2, -0.15) is 4.98 Å². The fourth-order valence-electron chi connectivity index (χ4n) is 2.35. The number of allylic oxidation sites excluding steroid dienone is 1. The molecule has 1 atom stereocenters. The predicted molar refractivity (Wildman–Crippen MR) is 83.9 cm³/mol. The number of thioether (sulfide) groups is 1. The number of methoxy groups -OCH3 is 1. The minimum absolute atomic E-state index is 0.0234. The number of hydrogen-bond donors (Lipinski definition) is 3. The van der Waals surface area contributed by atoms with E-state index in [9.17, 15) is 15.0 Å². The zero-order valence-electron chi connectivity index (χ0n) is 12.3. The van der Waals surface area contributed by atoms with E-state index in [-0.39, 0.29) is 11.4 Å². The van der Waals surface area contributed by atoms with Gasteiger partial charge in [0.25, 0.3) is 0 Å². The first-order valence-electron chi connectivity index (χ1n) is 6.63. The molecule has 0 spiro atoms. The number of carbonyl (C=O) groups is 1. The van der Waals surface area contributed by atoms with Crippen LogP contribution in [0.2, 0.25) is 0 Å². The average molecular weight is 334 g/mol.